The van der Waals surface area contributed by atoms with Crippen LogP contribution in [-0.4, -0.2) is 58.7 Å². The van der Waals surface area contributed by atoms with Gasteiger partial charge < -0.3 is 5.73 Å². The number of nitriles is 1. The Morgan fingerprint density at radius 1 is 1.60 bits per heavy atom. The van der Waals surface area contributed by atoms with Crippen molar-refractivity contribution in [3.05, 3.63) is 28.5 Å². The minimum Gasteiger partial charge on any atom is -0.369 e. The zero-order valence-corrected chi connectivity index (χ0v) is 14.1. The molecule has 7 heteroatoms. The van der Waals surface area contributed by atoms with Gasteiger partial charge in [0.15, 0.2) is 0 Å². The van der Waals surface area contributed by atoms with Gasteiger partial charge in [0.2, 0.25) is 5.91 Å². The molecule has 1 aromatic heterocycles. The Bertz CT molecular complexity index is 392. The summed E-state index contributed by atoms with van der Waals surface area (Å²) in [6, 6.07) is 3.36. The average Bonchev–Trinajstić information content (AvgIpc) is 2.03. The fourth-order valence-corrected chi connectivity index (χ4v) is 1.10. The Hall–Kier alpha value is -0.00260. The number of aromatic nitrogens is 1. The van der Waals surface area contributed by atoms with Crippen molar-refractivity contribution < 1.29 is 4.79 Å². The van der Waals surface area contributed by atoms with Gasteiger partial charge in [0.05, 0.1) is 22.7 Å². The molecule has 0 unspecified atom stereocenters. The van der Waals surface area contributed by atoms with E-state index in [2.05, 4.69) is 4.98 Å². The molecule has 74 valence electrons. The number of hydrogen-bond acceptors (Lipinski definition) is 3. The molecule has 0 fully saturated rings. The number of hydrogen-bond donors (Lipinski definition) is 1. The Morgan fingerprint density at radius 2 is 2.20 bits per heavy atom. The summed E-state index contributed by atoms with van der Waals surface area (Å²) in [6.07, 6.45) is 1.37. The Kier molecular flexibility index (Phi) is 9.49. The summed E-state index contributed by atoms with van der Waals surface area (Å²) < 4.78 is 0. The summed E-state index contributed by atoms with van der Waals surface area (Å²) in [6.45, 7) is 0. The normalized spacial score (nSPS) is 8.00. The van der Waals surface area contributed by atoms with Gasteiger partial charge in [0.1, 0.15) is 6.07 Å². The average molecular weight is 433 g/mol. The Labute approximate surface area is 126 Å². The van der Waals surface area contributed by atoms with Gasteiger partial charge >= 0.3 is 0 Å². The molecule has 0 aliphatic carbocycles. The van der Waals surface area contributed by atoms with Crippen LogP contribution in [0.1, 0.15) is 11.3 Å². The number of halogens is 1. The summed E-state index contributed by atoms with van der Waals surface area (Å²) in [5.41, 5.74) is 5.50. The summed E-state index contributed by atoms with van der Waals surface area (Å²) in [5, 5.41) is 8.97. The molecule has 0 bridgehead atoms. The molecule has 0 spiro atoms. The first-order valence-corrected chi connectivity index (χ1v) is 3.84. The SMILES string of the molecule is N#Cc1c(Cl)ccnc1CC(N)=O.[Sn].[Sn]. The predicted octanol–water partition coefficient (Wildman–Crippen LogP) is -0.127. The zero-order valence-electron chi connectivity index (χ0n) is 7.62. The van der Waals surface area contributed by atoms with Crippen LogP contribution in [0, 0.1) is 11.3 Å². The third kappa shape index (κ3) is 5.04. The zero-order chi connectivity index (χ0) is 9.84. The summed E-state index contributed by atoms with van der Waals surface area (Å²) >= 11 is 5.70. The second-order valence-corrected chi connectivity index (χ2v) is 2.78. The maximum atomic E-state index is 10.6. The molecule has 1 rings (SSSR count). The largest absolute Gasteiger partial charge is 0.369 e. The predicted molar refractivity (Wildman–Crippen MR) is 58.4 cm³/mol. The molecular weight excluding hydrogens is 427 g/mol. The molecule has 15 heavy (non-hydrogen) atoms. The molecule has 0 saturated carbocycles. The molecule has 0 atom stereocenters. The summed E-state index contributed by atoms with van der Waals surface area (Å²) in [7, 11) is 0. The molecule has 0 saturated heterocycles. The van der Waals surface area contributed by atoms with Crippen LogP contribution >= 0.6 is 11.6 Å². The number of rotatable bonds is 2. The van der Waals surface area contributed by atoms with Crippen LogP contribution in [0.5, 0.6) is 0 Å². The maximum Gasteiger partial charge on any atom is 0.223 e. The van der Waals surface area contributed by atoms with Gasteiger partial charge in [-0.05, 0) is 6.07 Å². The van der Waals surface area contributed by atoms with Crippen LogP contribution < -0.4 is 5.73 Å². The Morgan fingerprint density at radius 3 is 2.67 bits per heavy atom. The van der Waals surface area contributed by atoms with E-state index in [0.29, 0.717) is 5.69 Å². The number of pyridine rings is 1. The second-order valence-electron chi connectivity index (χ2n) is 2.37. The molecule has 8 radical (unpaired) electrons. The van der Waals surface area contributed by atoms with Crippen LogP contribution in [0.3, 0.4) is 0 Å². The molecule has 1 aromatic rings. The van der Waals surface area contributed by atoms with Gasteiger partial charge in [0.25, 0.3) is 0 Å². The summed E-state index contributed by atoms with van der Waals surface area (Å²) in [5.74, 6) is -0.536. The monoisotopic (exact) mass is 435 g/mol. The van der Waals surface area contributed by atoms with Crippen molar-refractivity contribution in [3.63, 3.8) is 0 Å². The van der Waals surface area contributed by atoms with E-state index in [1.54, 1.807) is 0 Å². The number of carbonyl (C=O) groups is 1. The van der Waals surface area contributed by atoms with E-state index in [1.807, 2.05) is 6.07 Å². The molecule has 2 N–H and O–H groups in total. The topological polar surface area (TPSA) is 79.8 Å². The van der Waals surface area contributed by atoms with Crippen LogP contribution in [0.15, 0.2) is 12.3 Å². The minimum absolute atomic E-state index is 0. The van der Waals surface area contributed by atoms with Gasteiger partial charge in [-0.15, -0.1) is 0 Å². The van der Waals surface area contributed by atoms with Gasteiger partial charge in [-0.2, -0.15) is 5.26 Å². The van der Waals surface area contributed by atoms with E-state index in [0.717, 1.165) is 0 Å². The molecule has 0 aromatic carbocycles. The second kappa shape index (κ2) is 8.18. The quantitative estimate of drug-likeness (QED) is 0.661. The maximum absolute atomic E-state index is 10.6. The van der Waals surface area contributed by atoms with E-state index < -0.39 is 5.91 Å². The third-order valence-corrected chi connectivity index (χ3v) is 1.75. The Balaban J connectivity index is 0. The first kappa shape index (κ1) is 17.4. The number of nitrogens with two attached hydrogens (primary N) is 1. The molecule has 0 aliphatic rings. The molecule has 1 heterocycles. The van der Waals surface area contributed by atoms with Crippen molar-refractivity contribution in [1.29, 1.82) is 5.26 Å². The smallest absolute Gasteiger partial charge is 0.223 e. The number of primary amides is 1. The van der Waals surface area contributed by atoms with Crippen molar-refractivity contribution in [2.75, 3.05) is 0 Å². The van der Waals surface area contributed by atoms with Crippen molar-refractivity contribution >= 4 is 65.3 Å². The van der Waals surface area contributed by atoms with Crippen molar-refractivity contribution in [2.24, 2.45) is 5.73 Å². The van der Waals surface area contributed by atoms with Gasteiger partial charge in [-0.3, -0.25) is 9.78 Å². The van der Waals surface area contributed by atoms with Crippen LogP contribution in [0.2, 0.25) is 5.02 Å². The molecular formula is C8H6ClN3OSn2. The van der Waals surface area contributed by atoms with Crippen molar-refractivity contribution in [3.8, 4) is 6.07 Å². The molecule has 0 aliphatic heterocycles. The minimum atomic E-state index is -0.536. The van der Waals surface area contributed by atoms with Crippen molar-refractivity contribution in [1.82, 2.24) is 4.98 Å². The first-order valence-electron chi connectivity index (χ1n) is 3.47. The van der Waals surface area contributed by atoms with Crippen LogP contribution in [-0.2, 0) is 11.2 Å². The van der Waals surface area contributed by atoms with E-state index in [4.69, 9.17) is 22.6 Å². The van der Waals surface area contributed by atoms with E-state index in [1.165, 1.54) is 12.3 Å². The van der Waals surface area contributed by atoms with Crippen molar-refractivity contribution in [2.45, 2.75) is 6.42 Å². The van der Waals surface area contributed by atoms with Crippen LogP contribution in [0.4, 0.5) is 0 Å². The molecule has 1 amide bonds. The molecule has 4 nitrogen and oxygen atoms in total. The fourth-order valence-electron chi connectivity index (χ4n) is 0.895. The summed E-state index contributed by atoms with van der Waals surface area (Å²) in [4.78, 5) is 14.4. The fraction of sp³-hybridized carbons (Fsp3) is 0.125. The number of nitrogens with zero attached hydrogens (tertiary/aromatic N) is 2. The number of amides is 1. The standard InChI is InChI=1S/C8H6ClN3O.2Sn/c9-6-1-2-12-7(3-8(11)13)5(6)4-10;;/h1-2H,3H2,(H2,11,13);;. The van der Waals surface area contributed by atoms with Crippen LogP contribution in [0.25, 0.3) is 0 Å². The van der Waals surface area contributed by atoms with Gasteiger partial charge in [-0.25, -0.2) is 0 Å². The van der Waals surface area contributed by atoms with E-state index >= 15 is 0 Å². The van der Waals surface area contributed by atoms with E-state index in [9.17, 15) is 4.79 Å². The van der Waals surface area contributed by atoms with Gasteiger partial charge in [-0.1, -0.05) is 11.6 Å². The first-order chi connectivity index (χ1) is 6.15. The van der Waals surface area contributed by atoms with Gasteiger partial charge in [0, 0.05) is 54.0 Å². The van der Waals surface area contributed by atoms with E-state index in [-0.39, 0.29) is 64.8 Å². The number of carbonyl (C=O) groups excluding carboxylic acids is 1. The third-order valence-electron chi connectivity index (χ3n) is 1.43.